The minimum atomic E-state index is -1.23. The van der Waals surface area contributed by atoms with Crippen LogP contribution in [0.1, 0.15) is 36.6 Å². The Morgan fingerprint density at radius 1 is 1.11 bits per heavy atom. The zero-order chi connectivity index (χ0) is 33.2. The molecule has 0 aliphatic carbocycles. The highest BCUT2D eigenvalue weighted by molar-refractivity contribution is 9.10. The molecule has 1 aliphatic rings. The Bertz CT molecular complexity index is 1630. The summed E-state index contributed by atoms with van der Waals surface area (Å²) in [6, 6.07) is 13.4. The number of esters is 1. The molecular weight excluding hydrogens is 667 g/mol. The van der Waals surface area contributed by atoms with Crippen LogP contribution < -0.4 is 35.0 Å². The van der Waals surface area contributed by atoms with Gasteiger partial charge in [-0.15, -0.1) is 0 Å². The van der Waals surface area contributed by atoms with Gasteiger partial charge in [0.1, 0.15) is 19.0 Å². The number of ether oxygens (including phenoxy) is 5. The van der Waals surface area contributed by atoms with Crippen molar-refractivity contribution in [1.29, 1.82) is 0 Å². The quantitative estimate of drug-likeness (QED) is 0.0813. The van der Waals surface area contributed by atoms with Gasteiger partial charge in [0.2, 0.25) is 0 Å². The standard InChI is InChI=1S/C32H34BrFN4O8/c1-5-44-25-13-19(29-28(31(40)43-4)18(2)36-32(41)37-29)10-11-24(25)45-17-27(39)38-35-15-21-12-22(33)14-26(42-3)30(21)46-16-20-8-6-7-9-23(20)34/h6-15,27,29,38-39H,5,16-17H2,1-4H3,(H2,36,37,41)/b35-15+/t27-,29+/m0/s1. The first kappa shape index (κ1) is 34.1. The SMILES string of the molecule is CCOc1cc([C@H]2NC(=O)NC(C)=C2C(=O)OC)ccc1OC[C@H](O)N/N=C/c1cc(Br)cc(OC)c1OCc1ccccc1F. The lowest BCUT2D eigenvalue weighted by atomic mass is 9.95. The number of carbonyl (C=O) groups is 2. The Kier molecular flexibility index (Phi) is 11.8. The van der Waals surface area contributed by atoms with Crippen LogP contribution in [0.25, 0.3) is 0 Å². The minimum absolute atomic E-state index is 0.0414. The van der Waals surface area contributed by atoms with Gasteiger partial charge in [-0.1, -0.05) is 40.2 Å². The van der Waals surface area contributed by atoms with Crippen LogP contribution in [-0.2, 0) is 16.1 Å². The molecule has 0 bridgehead atoms. The lowest BCUT2D eigenvalue weighted by molar-refractivity contribution is -0.136. The second kappa shape index (κ2) is 16.0. The van der Waals surface area contributed by atoms with E-state index < -0.39 is 30.1 Å². The average molecular weight is 702 g/mol. The smallest absolute Gasteiger partial charge is 0.337 e. The number of aliphatic hydroxyl groups excluding tert-OH is 1. The summed E-state index contributed by atoms with van der Waals surface area (Å²) in [6.07, 6.45) is 0.192. The first-order valence-corrected chi connectivity index (χ1v) is 14.9. The molecule has 0 saturated heterocycles. The number of amides is 2. The first-order chi connectivity index (χ1) is 22.1. The number of hydrazone groups is 1. The van der Waals surface area contributed by atoms with Gasteiger partial charge in [-0.3, -0.25) is 5.43 Å². The Hall–Kier alpha value is -4.82. The van der Waals surface area contributed by atoms with E-state index in [-0.39, 0.29) is 18.8 Å². The highest BCUT2D eigenvalue weighted by Crippen LogP contribution is 2.36. The van der Waals surface area contributed by atoms with Crippen molar-refractivity contribution >= 4 is 34.1 Å². The van der Waals surface area contributed by atoms with Crippen LogP contribution in [0.5, 0.6) is 23.0 Å². The Morgan fingerprint density at radius 3 is 2.61 bits per heavy atom. The van der Waals surface area contributed by atoms with Crippen molar-refractivity contribution in [2.24, 2.45) is 5.10 Å². The minimum Gasteiger partial charge on any atom is -0.493 e. The molecule has 14 heteroatoms. The summed E-state index contributed by atoms with van der Waals surface area (Å²) < 4.78 is 42.7. The van der Waals surface area contributed by atoms with E-state index in [9.17, 15) is 19.1 Å². The molecule has 0 saturated carbocycles. The van der Waals surface area contributed by atoms with Crippen molar-refractivity contribution in [3.63, 3.8) is 0 Å². The number of benzene rings is 3. The van der Waals surface area contributed by atoms with E-state index >= 15 is 0 Å². The molecule has 46 heavy (non-hydrogen) atoms. The summed E-state index contributed by atoms with van der Waals surface area (Å²) in [4.78, 5) is 24.6. The van der Waals surface area contributed by atoms with Gasteiger partial charge < -0.3 is 39.4 Å². The molecule has 244 valence electrons. The molecule has 0 spiro atoms. The summed E-state index contributed by atoms with van der Waals surface area (Å²) in [7, 11) is 2.75. The van der Waals surface area contributed by atoms with Crippen molar-refractivity contribution in [1.82, 2.24) is 16.1 Å². The highest BCUT2D eigenvalue weighted by Gasteiger charge is 2.32. The van der Waals surface area contributed by atoms with Crippen LogP contribution in [0.2, 0.25) is 0 Å². The molecular formula is C32H34BrFN4O8. The highest BCUT2D eigenvalue weighted by atomic mass is 79.9. The van der Waals surface area contributed by atoms with Gasteiger partial charge in [0.15, 0.2) is 29.2 Å². The molecule has 4 N–H and O–H groups in total. The maximum Gasteiger partial charge on any atom is 0.337 e. The van der Waals surface area contributed by atoms with E-state index in [2.05, 4.69) is 37.1 Å². The van der Waals surface area contributed by atoms with Gasteiger partial charge >= 0.3 is 12.0 Å². The van der Waals surface area contributed by atoms with Gasteiger partial charge in [0.05, 0.1) is 38.7 Å². The third kappa shape index (κ3) is 8.46. The Labute approximate surface area is 273 Å². The molecule has 0 fully saturated rings. The fourth-order valence-electron chi connectivity index (χ4n) is 4.57. The topological polar surface area (TPSA) is 149 Å². The van der Waals surface area contributed by atoms with Crippen LogP contribution in [0, 0.1) is 5.82 Å². The zero-order valence-corrected chi connectivity index (χ0v) is 27.1. The Morgan fingerprint density at radius 2 is 1.89 bits per heavy atom. The third-order valence-corrected chi connectivity index (χ3v) is 7.16. The zero-order valence-electron chi connectivity index (χ0n) is 25.6. The van der Waals surface area contributed by atoms with Crippen LogP contribution in [0.15, 0.2) is 75.4 Å². The third-order valence-electron chi connectivity index (χ3n) is 6.70. The second-order valence-corrected chi connectivity index (χ2v) is 10.7. The van der Waals surface area contributed by atoms with E-state index in [4.69, 9.17) is 23.7 Å². The molecule has 1 heterocycles. The van der Waals surface area contributed by atoms with Crippen LogP contribution in [0.4, 0.5) is 9.18 Å². The molecule has 12 nitrogen and oxygen atoms in total. The maximum absolute atomic E-state index is 14.1. The van der Waals surface area contributed by atoms with Crippen LogP contribution >= 0.6 is 15.9 Å². The molecule has 0 unspecified atom stereocenters. The number of allylic oxidation sites excluding steroid dienone is 1. The number of rotatable bonds is 14. The number of nitrogens with zero attached hydrogens (tertiary/aromatic N) is 1. The van der Waals surface area contributed by atoms with Gasteiger partial charge in [-0.2, -0.15) is 5.10 Å². The number of halogens is 2. The summed E-state index contributed by atoms with van der Waals surface area (Å²) in [5.74, 6) is 0.401. The van der Waals surface area contributed by atoms with Crippen molar-refractivity contribution in [2.75, 3.05) is 27.4 Å². The lowest BCUT2D eigenvalue weighted by Crippen LogP contribution is -2.45. The second-order valence-electron chi connectivity index (χ2n) is 9.82. The van der Waals surface area contributed by atoms with Crippen LogP contribution in [0.3, 0.4) is 0 Å². The molecule has 0 radical (unpaired) electrons. The predicted octanol–water partition coefficient (Wildman–Crippen LogP) is 4.70. The molecule has 3 aromatic carbocycles. The monoisotopic (exact) mass is 700 g/mol. The maximum atomic E-state index is 14.1. The number of urea groups is 1. The van der Waals surface area contributed by atoms with E-state index in [0.717, 1.165) is 0 Å². The van der Waals surface area contributed by atoms with Crippen molar-refractivity contribution < 1.29 is 42.8 Å². The molecule has 3 aromatic rings. The van der Waals surface area contributed by atoms with Gasteiger partial charge in [0, 0.05) is 21.3 Å². The lowest BCUT2D eigenvalue weighted by Gasteiger charge is -2.28. The molecule has 2 atom stereocenters. The average Bonchev–Trinajstić information content (AvgIpc) is 3.03. The van der Waals surface area contributed by atoms with Crippen molar-refractivity contribution in [2.45, 2.75) is 32.7 Å². The van der Waals surface area contributed by atoms with Gasteiger partial charge in [-0.25, -0.2) is 14.0 Å². The normalized spacial score (nSPS) is 15.1. The predicted molar refractivity (Wildman–Crippen MR) is 170 cm³/mol. The van der Waals surface area contributed by atoms with Gasteiger partial charge in [-0.05, 0) is 49.7 Å². The number of hydrogen-bond acceptors (Lipinski definition) is 10. The number of carbonyl (C=O) groups excluding carboxylic acids is 2. The molecule has 0 aromatic heterocycles. The van der Waals surface area contributed by atoms with E-state index in [1.807, 2.05) is 0 Å². The summed E-state index contributed by atoms with van der Waals surface area (Å²) in [5, 5.41) is 20.0. The number of methoxy groups -OCH3 is 2. The van der Waals surface area contributed by atoms with Crippen LogP contribution in [-0.4, -0.2) is 57.0 Å². The summed E-state index contributed by atoms with van der Waals surface area (Å²) in [5.41, 5.74) is 4.65. The fourth-order valence-corrected chi connectivity index (χ4v) is 5.03. The number of hydrogen-bond donors (Lipinski definition) is 4. The largest absolute Gasteiger partial charge is 0.493 e. The number of aliphatic hydroxyl groups is 1. The first-order valence-electron chi connectivity index (χ1n) is 14.1. The number of nitrogens with one attached hydrogen (secondary N) is 3. The fraction of sp³-hybridized carbons (Fsp3) is 0.281. The van der Waals surface area contributed by atoms with Gasteiger partial charge in [0.25, 0.3) is 0 Å². The van der Waals surface area contributed by atoms with E-state index in [1.54, 1.807) is 62.4 Å². The molecule has 1 aliphatic heterocycles. The molecule has 2 amide bonds. The van der Waals surface area contributed by atoms with E-state index in [1.165, 1.54) is 26.5 Å². The summed E-state index contributed by atoms with van der Waals surface area (Å²) in [6.45, 7) is 3.46. The van der Waals surface area contributed by atoms with Crippen molar-refractivity contribution in [3.8, 4) is 23.0 Å². The summed E-state index contributed by atoms with van der Waals surface area (Å²) >= 11 is 3.43. The van der Waals surface area contributed by atoms with E-state index in [0.29, 0.717) is 56.5 Å². The van der Waals surface area contributed by atoms with Crippen molar-refractivity contribution in [3.05, 3.63) is 92.8 Å². The molecule has 4 rings (SSSR count). The Balaban J connectivity index is 1.45.